The molecule has 0 radical (unpaired) electrons. The Hall–Kier alpha value is -4.02. The minimum Gasteiger partial charge on any atom is -0.496 e. The maximum atomic E-state index is 13.5. The van der Waals surface area contributed by atoms with Gasteiger partial charge in [-0.25, -0.2) is 9.18 Å². The molecule has 2 atom stereocenters. The molecule has 0 saturated carbocycles. The zero-order valence-corrected chi connectivity index (χ0v) is 17.3. The van der Waals surface area contributed by atoms with E-state index in [0.29, 0.717) is 5.56 Å². The number of carbonyl (C=O) groups is 3. The molecule has 170 valence electrons. The van der Waals surface area contributed by atoms with Crippen molar-refractivity contribution in [3.63, 3.8) is 0 Å². The van der Waals surface area contributed by atoms with Crippen LogP contribution in [0.2, 0.25) is 0 Å². The molecule has 2 aromatic carbocycles. The van der Waals surface area contributed by atoms with Crippen LogP contribution in [0.4, 0.5) is 10.1 Å². The quantitative estimate of drug-likeness (QED) is 0.370. The fourth-order valence-electron chi connectivity index (χ4n) is 3.08. The Kier molecular flexibility index (Phi) is 8.22. The molecule has 32 heavy (non-hydrogen) atoms. The van der Waals surface area contributed by atoms with Gasteiger partial charge in [-0.3, -0.25) is 19.7 Å². The lowest BCUT2D eigenvalue weighted by Gasteiger charge is -2.21. The number of hydrogen-bond donors (Lipinski definition) is 3. The Labute approximate surface area is 182 Å². The number of aliphatic carboxylic acids is 1. The number of non-ortho nitro benzene ring substituents is 1. The lowest BCUT2D eigenvalue weighted by molar-refractivity contribution is -0.384. The van der Waals surface area contributed by atoms with Crippen molar-refractivity contribution in [3.8, 4) is 5.75 Å². The molecule has 11 heteroatoms. The number of ether oxygens (including phenoxy) is 1. The molecule has 0 fully saturated rings. The fraction of sp³-hybridized carbons (Fsp3) is 0.286. The van der Waals surface area contributed by atoms with Crippen molar-refractivity contribution < 1.29 is 33.5 Å². The van der Waals surface area contributed by atoms with Gasteiger partial charge in [-0.15, -0.1) is 0 Å². The third-order valence-electron chi connectivity index (χ3n) is 4.54. The third kappa shape index (κ3) is 6.76. The van der Waals surface area contributed by atoms with Crippen molar-refractivity contribution in [1.82, 2.24) is 10.6 Å². The summed E-state index contributed by atoms with van der Waals surface area (Å²) in [4.78, 5) is 46.5. The monoisotopic (exact) mass is 447 g/mol. The summed E-state index contributed by atoms with van der Waals surface area (Å²) < 4.78 is 18.6. The summed E-state index contributed by atoms with van der Waals surface area (Å²) in [6, 6.07) is 6.51. The molecule has 0 aliphatic carbocycles. The zero-order valence-electron chi connectivity index (χ0n) is 17.3. The number of carboxylic acids is 1. The number of halogens is 1. The highest BCUT2D eigenvalue weighted by atomic mass is 19.1. The SMILES string of the molecule is COc1ccc([N+](=O)[O-])cc1C[C@@H](NC(=O)[C@@H](Cc1cccc(F)c1)NC(C)=O)C(=O)O. The van der Waals surface area contributed by atoms with Gasteiger partial charge in [0.1, 0.15) is 23.7 Å². The summed E-state index contributed by atoms with van der Waals surface area (Å²) in [5, 5.41) is 25.4. The summed E-state index contributed by atoms with van der Waals surface area (Å²) in [7, 11) is 1.32. The molecule has 0 unspecified atom stereocenters. The van der Waals surface area contributed by atoms with Crippen molar-refractivity contribution in [2.45, 2.75) is 31.8 Å². The number of methoxy groups -OCH3 is 1. The summed E-state index contributed by atoms with van der Waals surface area (Å²) in [5.74, 6) is -3.03. The Balaban J connectivity index is 2.25. The molecule has 2 aromatic rings. The van der Waals surface area contributed by atoms with Crippen molar-refractivity contribution in [1.29, 1.82) is 0 Å². The topological polar surface area (TPSA) is 148 Å². The molecule has 0 saturated heterocycles. The number of nitro groups is 1. The average molecular weight is 447 g/mol. The van der Waals surface area contributed by atoms with Gasteiger partial charge in [-0.1, -0.05) is 12.1 Å². The standard InChI is InChI=1S/C21H22FN3O7/c1-12(26)23-17(9-13-4-3-5-15(22)8-13)20(27)24-18(21(28)29)11-14-10-16(25(30)31)6-7-19(14)32-2/h3-8,10,17-18H,9,11H2,1-2H3,(H,23,26)(H,24,27)(H,28,29)/t17-,18-/m1/s1. The minimum atomic E-state index is -1.47. The molecule has 0 bridgehead atoms. The van der Waals surface area contributed by atoms with E-state index < -0.39 is 40.6 Å². The molecular weight excluding hydrogens is 425 g/mol. The third-order valence-corrected chi connectivity index (χ3v) is 4.54. The predicted octanol–water partition coefficient (Wildman–Crippen LogP) is 1.60. The van der Waals surface area contributed by atoms with Crippen LogP contribution in [0.15, 0.2) is 42.5 Å². The van der Waals surface area contributed by atoms with Gasteiger partial charge >= 0.3 is 5.97 Å². The Morgan fingerprint density at radius 1 is 1.12 bits per heavy atom. The fourth-order valence-corrected chi connectivity index (χ4v) is 3.08. The van der Waals surface area contributed by atoms with Gasteiger partial charge < -0.3 is 20.5 Å². The van der Waals surface area contributed by atoms with Crippen LogP contribution in [0.3, 0.4) is 0 Å². The number of rotatable bonds is 10. The molecule has 3 N–H and O–H groups in total. The Bertz CT molecular complexity index is 1030. The van der Waals surface area contributed by atoms with E-state index in [1.165, 1.54) is 50.4 Å². The Morgan fingerprint density at radius 3 is 2.41 bits per heavy atom. The number of hydrogen-bond acceptors (Lipinski definition) is 6. The average Bonchev–Trinajstić information content (AvgIpc) is 2.72. The van der Waals surface area contributed by atoms with Crippen LogP contribution in [-0.2, 0) is 27.2 Å². The predicted molar refractivity (Wildman–Crippen MR) is 111 cm³/mol. The molecular formula is C21H22FN3O7. The summed E-state index contributed by atoms with van der Waals surface area (Å²) in [6.45, 7) is 1.19. The number of nitro benzene ring substituents is 1. The highest BCUT2D eigenvalue weighted by molar-refractivity contribution is 5.90. The van der Waals surface area contributed by atoms with Crippen LogP contribution in [-0.4, -0.2) is 47.0 Å². The first-order valence-electron chi connectivity index (χ1n) is 9.46. The van der Waals surface area contributed by atoms with Crippen molar-refractivity contribution >= 4 is 23.5 Å². The van der Waals surface area contributed by atoms with Gasteiger partial charge in [0.15, 0.2) is 0 Å². The van der Waals surface area contributed by atoms with Gasteiger partial charge in [0.25, 0.3) is 5.69 Å². The number of carbonyl (C=O) groups excluding carboxylic acids is 2. The molecule has 0 aliphatic rings. The molecule has 0 spiro atoms. The first-order valence-corrected chi connectivity index (χ1v) is 9.46. The highest BCUT2D eigenvalue weighted by Gasteiger charge is 2.28. The van der Waals surface area contributed by atoms with Crippen LogP contribution in [0.5, 0.6) is 5.75 Å². The molecule has 2 rings (SSSR count). The number of nitrogens with one attached hydrogen (secondary N) is 2. The second kappa shape index (κ2) is 10.8. The maximum Gasteiger partial charge on any atom is 0.326 e. The van der Waals surface area contributed by atoms with Crippen LogP contribution in [0, 0.1) is 15.9 Å². The van der Waals surface area contributed by atoms with Crippen LogP contribution in [0.25, 0.3) is 0 Å². The number of carboxylic acid groups (broad SMARTS) is 1. The first-order chi connectivity index (χ1) is 15.1. The van der Waals surface area contributed by atoms with E-state index in [4.69, 9.17) is 4.74 Å². The van der Waals surface area contributed by atoms with Gasteiger partial charge in [0.05, 0.1) is 12.0 Å². The van der Waals surface area contributed by atoms with E-state index in [2.05, 4.69) is 10.6 Å². The lowest BCUT2D eigenvalue weighted by atomic mass is 10.0. The lowest BCUT2D eigenvalue weighted by Crippen LogP contribution is -2.52. The van der Waals surface area contributed by atoms with E-state index in [1.54, 1.807) is 6.07 Å². The number of amides is 2. The summed E-state index contributed by atoms with van der Waals surface area (Å²) in [5.41, 5.74) is 0.361. The molecule has 0 heterocycles. The molecule has 2 amide bonds. The second-order valence-electron chi connectivity index (χ2n) is 6.94. The number of nitrogens with zero attached hydrogens (tertiary/aromatic N) is 1. The van der Waals surface area contributed by atoms with Gasteiger partial charge in [-0.05, 0) is 23.8 Å². The second-order valence-corrected chi connectivity index (χ2v) is 6.94. The van der Waals surface area contributed by atoms with Crippen molar-refractivity contribution in [2.24, 2.45) is 0 Å². The number of benzene rings is 2. The van der Waals surface area contributed by atoms with Crippen LogP contribution < -0.4 is 15.4 Å². The Morgan fingerprint density at radius 2 is 1.84 bits per heavy atom. The van der Waals surface area contributed by atoms with E-state index in [9.17, 15) is 34.0 Å². The molecule has 0 aromatic heterocycles. The molecule has 0 aliphatic heterocycles. The largest absolute Gasteiger partial charge is 0.496 e. The van der Waals surface area contributed by atoms with E-state index in [-0.39, 0.29) is 29.8 Å². The zero-order chi connectivity index (χ0) is 23.8. The highest BCUT2D eigenvalue weighted by Crippen LogP contribution is 2.25. The van der Waals surface area contributed by atoms with Crippen molar-refractivity contribution in [3.05, 3.63) is 69.5 Å². The van der Waals surface area contributed by atoms with Crippen LogP contribution in [0.1, 0.15) is 18.1 Å². The maximum absolute atomic E-state index is 13.5. The summed E-state index contributed by atoms with van der Waals surface area (Å²) in [6.07, 6.45) is -0.381. The van der Waals surface area contributed by atoms with Gasteiger partial charge in [0.2, 0.25) is 11.8 Å². The van der Waals surface area contributed by atoms with Crippen LogP contribution >= 0.6 is 0 Å². The van der Waals surface area contributed by atoms with Gasteiger partial charge in [-0.2, -0.15) is 0 Å². The normalized spacial score (nSPS) is 12.3. The minimum absolute atomic E-state index is 0.0738. The first kappa shape index (κ1) is 24.3. The van der Waals surface area contributed by atoms with E-state index in [1.807, 2.05) is 0 Å². The van der Waals surface area contributed by atoms with E-state index in [0.717, 1.165) is 0 Å². The molecule has 10 nitrogen and oxygen atoms in total. The smallest absolute Gasteiger partial charge is 0.326 e. The summed E-state index contributed by atoms with van der Waals surface area (Å²) >= 11 is 0. The van der Waals surface area contributed by atoms with Gasteiger partial charge in [0, 0.05) is 37.5 Å². The van der Waals surface area contributed by atoms with E-state index >= 15 is 0 Å². The van der Waals surface area contributed by atoms with Crippen molar-refractivity contribution in [2.75, 3.05) is 7.11 Å².